The number of unbranched alkanes of at least 4 members (excludes halogenated alkanes) is 7. The number of nitrogens with one attached hydrogen (secondary N) is 1. The summed E-state index contributed by atoms with van der Waals surface area (Å²) in [5.41, 5.74) is 8.36. The molecule has 1 aliphatic heterocycles. The summed E-state index contributed by atoms with van der Waals surface area (Å²) in [7, 11) is 0. The number of rotatable bonds is 12. The Labute approximate surface area is 174 Å². The number of anilines is 1. The van der Waals surface area contributed by atoms with E-state index in [0.717, 1.165) is 31.5 Å². The van der Waals surface area contributed by atoms with Gasteiger partial charge in [-0.15, -0.1) is 0 Å². The van der Waals surface area contributed by atoms with Gasteiger partial charge in [0.15, 0.2) is 0 Å². The molecule has 1 unspecified atom stereocenters. The van der Waals surface area contributed by atoms with Crippen molar-refractivity contribution in [1.82, 2.24) is 5.43 Å². The summed E-state index contributed by atoms with van der Waals surface area (Å²) in [6.45, 7) is 2.92. The van der Waals surface area contributed by atoms with E-state index in [1.165, 1.54) is 32.1 Å². The van der Waals surface area contributed by atoms with Crippen LogP contribution in [-0.2, 0) is 9.59 Å². The molecule has 2 rings (SSSR count). The Morgan fingerprint density at radius 1 is 1.07 bits per heavy atom. The molecule has 29 heavy (non-hydrogen) atoms. The minimum atomic E-state index is -0.699. The summed E-state index contributed by atoms with van der Waals surface area (Å²) >= 11 is 0. The summed E-state index contributed by atoms with van der Waals surface area (Å²) < 4.78 is 0. The van der Waals surface area contributed by atoms with E-state index in [1.54, 1.807) is 11.9 Å². The lowest BCUT2D eigenvalue weighted by Crippen LogP contribution is -2.34. The highest BCUT2D eigenvalue weighted by atomic mass is 16.4. The van der Waals surface area contributed by atoms with Crippen LogP contribution in [-0.4, -0.2) is 41.8 Å². The molecule has 0 aliphatic carbocycles. The van der Waals surface area contributed by atoms with Gasteiger partial charge < -0.3 is 15.9 Å². The van der Waals surface area contributed by atoms with Gasteiger partial charge in [-0.25, -0.2) is 0 Å². The maximum absolute atomic E-state index is 11.6. The summed E-state index contributed by atoms with van der Waals surface area (Å²) in [4.78, 5) is 21.8. The fourth-order valence-corrected chi connectivity index (χ4v) is 3.08. The zero-order valence-corrected chi connectivity index (χ0v) is 17.6. The molecular weight excluding hydrogens is 370 g/mol. The maximum Gasteiger partial charge on any atom is 0.303 e. The van der Waals surface area contributed by atoms with Crippen molar-refractivity contribution in [1.29, 1.82) is 0 Å². The van der Waals surface area contributed by atoms with Crippen molar-refractivity contribution in [3.63, 3.8) is 0 Å². The van der Waals surface area contributed by atoms with E-state index in [2.05, 4.69) is 5.43 Å². The van der Waals surface area contributed by atoms with Crippen molar-refractivity contribution < 1.29 is 19.8 Å². The first-order valence-corrected chi connectivity index (χ1v) is 10.6. The molecule has 0 saturated carbocycles. The van der Waals surface area contributed by atoms with E-state index >= 15 is 0 Å². The molecule has 1 fully saturated rings. The molecule has 1 aromatic rings. The lowest BCUT2D eigenvalue weighted by atomic mass is 9.92. The number of aliphatic hydroxyl groups excluding tert-OH is 1. The second-order valence-electron chi connectivity index (χ2n) is 7.84. The van der Waals surface area contributed by atoms with Crippen LogP contribution < -0.4 is 16.2 Å². The van der Waals surface area contributed by atoms with Crippen LogP contribution in [0.3, 0.4) is 0 Å². The molecule has 1 amide bonds. The van der Waals surface area contributed by atoms with E-state index in [-0.39, 0.29) is 12.5 Å². The van der Waals surface area contributed by atoms with Crippen LogP contribution in [0.25, 0.3) is 0 Å². The van der Waals surface area contributed by atoms with E-state index < -0.39 is 11.4 Å². The van der Waals surface area contributed by atoms with E-state index in [0.29, 0.717) is 13.0 Å². The standard InChI is InChI=1S/C11H14N2O2.C11H23NO2/c1-11(8-14)7-13(12-10(11)15)9-5-3-2-4-6-9;12-10-8-6-4-2-1-3-5-7-9-11(13)14/h2-6,14H,7-8H2,1H3,(H,12,15);1-10,12H2,(H,13,14). The molecule has 1 aliphatic rings. The number of benzene rings is 1. The molecule has 164 valence electrons. The van der Waals surface area contributed by atoms with Crippen molar-refractivity contribution >= 4 is 17.6 Å². The molecule has 1 aromatic carbocycles. The monoisotopic (exact) mass is 407 g/mol. The molecule has 5 N–H and O–H groups in total. The van der Waals surface area contributed by atoms with Gasteiger partial charge in [-0.1, -0.05) is 56.7 Å². The Hall–Kier alpha value is -2.12. The van der Waals surface area contributed by atoms with E-state index in [1.807, 2.05) is 30.3 Å². The second kappa shape index (κ2) is 14.0. The quantitative estimate of drug-likeness (QED) is 0.396. The summed E-state index contributed by atoms with van der Waals surface area (Å²) in [5.74, 6) is -0.804. The number of carboxylic acid groups (broad SMARTS) is 1. The molecule has 0 bridgehead atoms. The van der Waals surface area contributed by atoms with Crippen LogP contribution in [0.5, 0.6) is 0 Å². The number of para-hydroxylation sites is 1. The van der Waals surface area contributed by atoms with Crippen molar-refractivity contribution in [3.05, 3.63) is 30.3 Å². The van der Waals surface area contributed by atoms with Gasteiger partial charge >= 0.3 is 5.97 Å². The summed E-state index contributed by atoms with van der Waals surface area (Å²) in [5, 5.41) is 19.3. The van der Waals surface area contributed by atoms with Gasteiger partial charge in [0, 0.05) is 6.42 Å². The largest absolute Gasteiger partial charge is 0.481 e. The first kappa shape index (κ1) is 24.9. The van der Waals surface area contributed by atoms with Crippen molar-refractivity contribution in [3.8, 4) is 0 Å². The molecule has 0 aromatic heterocycles. The summed E-state index contributed by atoms with van der Waals surface area (Å²) in [6, 6.07) is 9.59. The average Bonchev–Trinajstić information content (AvgIpc) is 3.03. The Morgan fingerprint density at radius 3 is 2.10 bits per heavy atom. The highest BCUT2D eigenvalue weighted by Crippen LogP contribution is 2.26. The fraction of sp³-hybridized carbons (Fsp3) is 0.636. The lowest BCUT2D eigenvalue weighted by Gasteiger charge is -2.19. The topological polar surface area (TPSA) is 116 Å². The minimum absolute atomic E-state index is 0.131. The number of carbonyl (C=O) groups is 2. The Kier molecular flexibility index (Phi) is 12.0. The third kappa shape index (κ3) is 9.76. The molecule has 7 nitrogen and oxygen atoms in total. The zero-order valence-electron chi connectivity index (χ0n) is 17.6. The minimum Gasteiger partial charge on any atom is -0.481 e. The molecule has 1 saturated heterocycles. The molecule has 7 heteroatoms. The number of hydrazine groups is 1. The highest BCUT2D eigenvalue weighted by molar-refractivity contribution is 5.87. The van der Waals surface area contributed by atoms with Gasteiger partial charge in [0.05, 0.1) is 24.3 Å². The Morgan fingerprint density at radius 2 is 1.62 bits per heavy atom. The SMILES string of the molecule is CC1(CO)CN(c2ccccc2)NC1=O.NCCCCCCCCCCC(=O)O. The number of hydrogen-bond donors (Lipinski definition) is 4. The highest BCUT2D eigenvalue weighted by Gasteiger charge is 2.41. The van der Waals surface area contributed by atoms with Gasteiger partial charge in [-0.3, -0.25) is 20.0 Å². The molecule has 0 radical (unpaired) electrons. The average molecular weight is 408 g/mol. The number of amides is 1. The van der Waals surface area contributed by atoms with Crippen LogP contribution in [0.4, 0.5) is 5.69 Å². The van der Waals surface area contributed by atoms with Crippen LogP contribution in [0.1, 0.15) is 64.7 Å². The number of aliphatic carboxylic acids is 1. The number of carboxylic acids is 1. The first-order chi connectivity index (χ1) is 13.9. The van der Waals surface area contributed by atoms with Crippen LogP contribution in [0, 0.1) is 5.41 Å². The van der Waals surface area contributed by atoms with Gasteiger partial charge in [0.25, 0.3) is 0 Å². The summed E-state index contributed by atoms with van der Waals surface area (Å²) in [6.07, 6.45) is 9.56. The molecular formula is C22H37N3O4. The fourth-order valence-electron chi connectivity index (χ4n) is 3.08. The number of carbonyl (C=O) groups excluding carboxylic acids is 1. The van der Waals surface area contributed by atoms with Crippen LogP contribution in [0.15, 0.2) is 30.3 Å². The van der Waals surface area contributed by atoms with E-state index in [4.69, 9.17) is 10.8 Å². The molecule has 1 atom stereocenters. The van der Waals surface area contributed by atoms with E-state index in [9.17, 15) is 14.7 Å². The normalized spacial score (nSPS) is 18.2. The maximum atomic E-state index is 11.6. The molecule has 1 heterocycles. The van der Waals surface area contributed by atoms with Crippen molar-refractivity contribution in [2.45, 2.75) is 64.7 Å². The zero-order chi connectivity index (χ0) is 21.5. The lowest BCUT2D eigenvalue weighted by molar-refractivity contribution is -0.137. The Bertz CT molecular complexity index is 597. The second-order valence-corrected chi connectivity index (χ2v) is 7.84. The third-order valence-electron chi connectivity index (χ3n) is 5.05. The smallest absolute Gasteiger partial charge is 0.303 e. The van der Waals surface area contributed by atoms with Gasteiger partial charge in [-0.2, -0.15) is 0 Å². The van der Waals surface area contributed by atoms with Crippen molar-refractivity contribution in [2.75, 3.05) is 24.7 Å². The van der Waals surface area contributed by atoms with Crippen molar-refractivity contribution in [2.24, 2.45) is 11.1 Å². The number of nitrogens with two attached hydrogens (primary N) is 1. The first-order valence-electron chi connectivity index (χ1n) is 10.6. The predicted molar refractivity (Wildman–Crippen MR) is 115 cm³/mol. The third-order valence-corrected chi connectivity index (χ3v) is 5.05. The number of aliphatic hydroxyl groups is 1. The molecule has 0 spiro atoms. The van der Waals surface area contributed by atoms with Crippen LogP contribution >= 0.6 is 0 Å². The van der Waals surface area contributed by atoms with Gasteiger partial charge in [-0.05, 0) is 38.4 Å². The number of hydrogen-bond acceptors (Lipinski definition) is 5. The number of nitrogens with zero attached hydrogens (tertiary/aromatic N) is 1. The predicted octanol–water partition coefficient (Wildman–Crippen LogP) is 3.08. The van der Waals surface area contributed by atoms with Crippen LogP contribution in [0.2, 0.25) is 0 Å². The van der Waals surface area contributed by atoms with Gasteiger partial charge in [0.1, 0.15) is 0 Å². The van der Waals surface area contributed by atoms with Gasteiger partial charge in [0.2, 0.25) is 5.91 Å². The Balaban J connectivity index is 0.000000291.